The number of hydrogen-bond acceptors (Lipinski definition) is 4. The first kappa shape index (κ1) is 18.5. The van der Waals surface area contributed by atoms with E-state index in [9.17, 15) is 4.79 Å². The summed E-state index contributed by atoms with van der Waals surface area (Å²) in [4.78, 5) is 12.1. The van der Waals surface area contributed by atoms with Crippen LogP contribution in [0.3, 0.4) is 0 Å². The number of hydrogen-bond donors (Lipinski definition) is 1. The van der Waals surface area contributed by atoms with Crippen LogP contribution in [0.1, 0.15) is 27.8 Å². The highest BCUT2D eigenvalue weighted by molar-refractivity contribution is 5.85. The number of aryl methyl sites for hydroxylation is 1. The Kier molecular flexibility index (Phi) is 6.17. The number of nitrogens with one attached hydrogen (secondary N) is 1. The van der Waals surface area contributed by atoms with Crippen LogP contribution < -0.4 is 14.9 Å². The Morgan fingerprint density at radius 3 is 2.44 bits per heavy atom. The normalized spacial score (nSPS) is 10.8. The van der Waals surface area contributed by atoms with Gasteiger partial charge in [0.2, 0.25) is 5.91 Å². The van der Waals surface area contributed by atoms with E-state index in [0.717, 1.165) is 16.7 Å². The minimum absolute atomic E-state index is 0.190. The number of hydrazone groups is 1. The van der Waals surface area contributed by atoms with Crippen molar-refractivity contribution in [3.63, 3.8) is 0 Å². The van der Waals surface area contributed by atoms with E-state index in [1.807, 2.05) is 12.1 Å². The topological polar surface area (TPSA) is 59.9 Å². The molecule has 0 heterocycles. The minimum atomic E-state index is -0.190. The van der Waals surface area contributed by atoms with E-state index in [0.29, 0.717) is 11.5 Å². The van der Waals surface area contributed by atoms with Gasteiger partial charge in [-0.25, -0.2) is 5.43 Å². The van der Waals surface area contributed by atoms with E-state index in [-0.39, 0.29) is 12.3 Å². The van der Waals surface area contributed by atoms with Gasteiger partial charge in [0, 0.05) is 0 Å². The second-order valence-electron chi connectivity index (χ2n) is 5.88. The molecule has 2 aromatic carbocycles. The molecule has 0 radical (unpaired) electrons. The van der Waals surface area contributed by atoms with Crippen LogP contribution in [0.15, 0.2) is 35.4 Å². The minimum Gasteiger partial charge on any atom is -0.493 e. The largest absolute Gasteiger partial charge is 0.493 e. The average molecular weight is 340 g/mol. The number of ether oxygens (including phenoxy) is 2. The molecular weight excluding hydrogens is 316 g/mol. The fraction of sp³-hybridized carbons (Fsp3) is 0.300. The van der Waals surface area contributed by atoms with Crippen LogP contribution in [0.4, 0.5) is 0 Å². The standard InChI is InChI=1S/C20H24N2O3/c1-13-6-8-17(15(3)14(13)2)12-21-22-20(23)11-16-7-9-18(24-4)19(10-16)25-5/h6-10,12H,11H2,1-5H3,(H,22,23)/b21-12-. The van der Waals surface area contributed by atoms with Crippen molar-refractivity contribution in [1.82, 2.24) is 5.43 Å². The highest BCUT2D eigenvalue weighted by Gasteiger charge is 2.08. The van der Waals surface area contributed by atoms with Crippen molar-refractivity contribution in [1.29, 1.82) is 0 Å². The smallest absolute Gasteiger partial charge is 0.244 e. The van der Waals surface area contributed by atoms with E-state index in [4.69, 9.17) is 9.47 Å². The summed E-state index contributed by atoms with van der Waals surface area (Å²) >= 11 is 0. The molecule has 0 bridgehead atoms. The maximum Gasteiger partial charge on any atom is 0.244 e. The van der Waals surface area contributed by atoms with Crippen molar-refractivity contribution >= 4 is 12.1 Å². The fourth-order valence-electron chi connectivity index (χ4n) is 2.51. The number of rotatable bonds is 6. The molecule has 0 aromatic heterocycles. The monoisotopic (exact) mass is 340 g/mol. The fourth-order valence-corrected chi connectivity index (χ4v) is 2.51. The Morgan fingerprint density at radius 1 is 1.04 bits per heavy atom. The molecule has 25 heavy (non-hydrogen) atoms. The number of amides is 1. The third kappa shape index (κ3) is 4.59. The summed E-state index contributed by atoms with van der Waals surface area (Å²) in [7, 11) is 3.14. The highest BCUT2D eigenvalue weighted by Crippen LogP contribution is 2.27. The van der Waals surface area contributed by atoms with Gasteiger partial charge < -0.3 is 9.47 Å². The molecule has 0 saturated carbocycles. The lowest BCUT2D eigenvalue weighted by molar-refractivity contribution is -0.120. The number of carbonyl (C=O) groups excluding carboxylic acids is 1. The average Bonchev–Trinajstić information content (AvgIpc) is 2.61. The molecule has 5 heteroatoms. The Balaban J connectivity index is 2.00. The molecule has 0 aliphatic rings. The lowest BCUT2D eigenvalue weighted by atomic mass is 10.00. The molecule has 0 aliphatic carbocycles. The van der Waals surface area contributed by atoms with Gasteiger partial charge in [0.05, 0.1) is 26.9 Å². The molecule has 0 fully saturated rings. The summed E-state index contributed by atoms with van der Waals surface area (Å²) in [6, 6.07) is 9.45. The molecule has 0 atom stereocenters. The second kappa shape index (κ2) is 8.33. The quantitative estimate of drug-likeness (QED) is 0.648. The van der Waals surface area contributed by atoms with Crippen LogP contribution in [-0.2, 0) is 11.2 Å². The van der Waals surface area contributed by atoms with Crippen LogP contribution in [0.5, 0.6) is 11.5 Å². The van der Waals surface area contributed by atoms with Gasteiger partial charge in [0.15, 0.2) is 11.5 Å². The molecule has 1 amide bonds. The highest BCUT2D eigenvalue weighted by atomic mass is 16.5. The molecule has 132 valence electrons. The number of nitrogens with zero attached hydrogens (tertiary/aromatic N) is 1. The van der Waals surface area contributed by atoms with Crippen molar-refractivity contribution in [2.24, 2.45) is 5.10 Å². The predicted octanol–water partition coefficient (Wildman–Crippen LogP) is 3.32. The molecular formula is C20H24N2O3. The Hall–Kier alpha value is -2.82. The van der Waals surface area contributed by atoms with E-state index in [2.05, 4.69) is 37.4 Å². The molecule has 0 aliphatic heterocycles. The second-order valence-corrected chi connectivity index (χ2v) is 5.88. The summed E-state index contributed by atoms with van der Waals surface area (Å²) < 4.78 is 10.4. The zero-order valence-electron chi connectivity index (χ0n) is 15.3. The maximum atomic E-state index is 12.1. The first-order valence-corrected chi connectivity index (χ1v) is 8.06. The van der Waals surface area contributed by atoms with Crippen molar-refractivity contribution in [2.45, 2.75) is 27.2 Å². The van der Waals surface area contributed by atoms with Gasteiger partial charge in [-0.3, -0.25) is 4.79 Å². The van der Waals surface area contributed by atoms with Crippen LogP contribution in [0.2, 0.25) is 0 Å². The summed E-state index contributed by atoms with van der Waals surface area (Å²) in [6.07, 6.45) is 1.89. The van der Waals surface area contributed by atoms with E-state index in [1.54, 1.807) is 32.6 Å². The first-order chi connectivity index (χ1) is 12.0. The molecule has 0 unspecified atom stereocenters. The van der Waals surface area contributed by atoms with E-state index < -0.39 is 0 Å². The lowest BCUT2D eigenvalue weighted by Gasteiger charge is -2.09. The number of benzene rings is 2. The van der Waals surface area contributed by atoms with Crippen LogP contribution in [-0.4, -0.2) is 26.3 Å². The van der Waals surface area contributed by atoms with Crippen molar-refractivity contribution in [3.05, 3.63) is 58.1 Å². The lowest BCUT2D eigenvalue weighted by Crippen LogP contribution is -2.19. The summed E-state index contributed by atoms with van der Waals surface area (Å²) in [6.45, 7) is 6.21. The van der Waals surface area contributed by atoms with Crippen LogP contribution >= 0.6 is 0 Å². The van der Waals surface area contributed by atoms with Crippen molar-refractivity contribution < 1.29 is 14.3 Å². The van der Waals surface area contributed by atoms with Gasteiger partial charge in [0.25, 0.3) is 0 Å². The summed E-state index contributed by atoms with van der Waals surface area (Å²) in [5.74, 6) is 1.04. The van der Waals surface area contributed by atoms with Crippen LogP contribution in [0, 0.1) is 20.8 Å². The van der Waals surface area contributed by atoms with E-state index in [1.165, 1.54) is 11.1 Å². The molecule has 2 rings (SSSR count). The van der Waals surface area contributed by atoms with Gasteiger partial charge in [0.1, 0.15) is 0 Å². The Bertz CT molecular complexity index is 798. The number of carbonyl (C=O) groups is 1. The van der Waals surface area contributed by atoms with Gasteiger partial charge >= 0.3 is 0 Å². The third-order valence-electron chi connectivity index (χ3n) is 4.31. The predicted molar refractivity (Wildman–Crippen MR) is 99.6 cm³/mol. The van der Waals surface area contributed by atoms with Gasteiger partial charge in [-0.05, 0) is 60.7 Å². The van der Waals surface area contributed by atoms with Gasteiger partial charge in [-0.15, -0.1) is 0 Å². The summed E-state index contributed by atoms with van der Waals surface area (Å²) in [5, 5.41) is 4.07. The SMILES string of the molecule is COc1ccc(CC(=O)N/N=C\c2ccc(C)c(C)c2C)cc1OC. The zero-order chi connectivity index (χ0) is 18.4. The Labute approximate surface area is 148 Å². The maximum absolute atomic E-state index is 12.1. The van der Waals surface area contributed by atoms with Crippen LogP contribution in [0.25, 0.3) is 0 Å². The molecule has 5 nitrogen and oxygen atoms in total. The molecule has 0 spiro atoms. The van der Waals surface area contributed by atoms with Gasteiger partial charge in [-0.2, -0.15) is 5.10 Å². The molecule has 2 aromatic rings. The van der Waals surface area contributed by atoms with Crippen molar-refractivity contribution in [3.8, 4) is 11.5 Å². The molecule has 0 saturated heterocycles. The first-order valence-electron chi connectivity index (χ1n) is 8.06. The summed E-state index contributed by atoms with van der Waals surface area (Å²) in [5.41, 5.74) is 8.03. The zero-order valence-corrected chi connectivity index (χ0v) is 15.3. The van der Waals surface area contributed by atoms with E-state index >= 15 is 0 Å². The third-order valence-corrected chi connectivity index (χ3v) is 4.31. The number of methoxy groups -OCH3 is 2. The van der Waals surface area contributed by atoms with Crippen molar-refractivity contribution in [2.75, 3.05) is 14.2 Å². The molecule has 1 N–H and O–H groups in total. The van der Waals surface area contributed by atoms with Gasteiger partial charge in [-0.1, -0.05) is 18.2 Å². The Morgan fingerprint density at radius 2 is 1.76 bits per heavy atom.